The van der Waals surface area contributed by atoms with E-state index in [0.717, 1.165) is 16.7 Å². The maximum absolute atomic E-state index is 13.2. The van der Waals surface area contributed by atoms with Crippen molar-refractivity contribution in [1.82, 2.24) is 9.97 Å². The second-order valence-electron chi connectivity index (χ2n) is 8.03. The van der Waals surface area contributed by atoms with Crippen LogP contribution in [0.2, 0.25) is 0 Å². The Morgan fingerprint density at radius 2 is 0.865 bits per heavy atom. The number of aromatic nitrogens is 2. The third-order valence-corrected chi connectivity index (χ3v) is 5.25. The van der Waals surface area contributed by atoms with Crippen LogP contribution in [-0.2, 0) is 34.0 Å². The molecule has 0 aliphatic heterocycles. The first kappa shape index (κ1) is 25.2. The van der Waals surface area contributed by atoms with Crippen LogP contribution in [0.15, 0.2) is 91.0 Å². The first-order chi connectivity index (χ1) is 18.0. The molecule has 0 saturated carbocycles. The highest BCUT2D eigenvalue weighted by atomic mass is 16.5. The Hall–Kier alpha value is -4.85. The van der Waals surface area contributed by atoms with Crippen LogP contribution in [0, 0.1) is 6.92 Å². The number of carbonyl (C=O) groups excluding carboxylic acids is 3. The minimum absolute atomic E-state index is 0.0466. The second kappa shape index (κ2) is 12.2. The minimum atomic E-state index is -0.942. The molecule has 8 heteroatoms. The molecule has 4 aromatic rings. The van der Waals surface area contributed by atoms with Crippen molar-refractivity contribution >= 4 is 17.9 Å². The molecule has 3 aromatic carbocycles. The molecule has 37 heavy (non-hydrogen) atoms. The van der Waals surface area contributed by atoms with Crippen LogP contribution in [0.25, 0.3) is 0 Å². The number of aryl methyl sites for hydroxylation is 1. The zero-order valence-corrected chi connectivity index (χ0v) is 20.1. The van der Waals surface area contributed by atoms with Crippen molar-refractivity contribution in [2.45, 2.75) is 26.7 Å². The van der Waals surface area contributed by atoms with E-state index in [1.54, 1.807) is 48.5 Å². The summed E-state index contributed by atoms with van der Waals surface area (Å²) in [7, 11) is 0. The molecule has 0 radical (unpaired) electrons. The molecule has 0 amide bonds. The average molecular weight is 497 g/mol. The van der Waals surface area contributed by atoms with E-state index in [9.17, 15) is 14.4 Å². The van der Waals surface area contributed by atoms with E-state index in [4.69, 9.17) is 14.2 Å². The van der Waals surface area contributed by atoms with Crippen molar-refractivity contribution in [2.75, 3.05) is 0 Å². The third kappa shape index (κ3) is 6.85. The monoisotopic (exact) mass is 496 g/mol. The van der Waals surface area contributed by atoms with E-state index in [0.29, 0.717) is 0 Å². The number of benzene rings is 3. The molecule has 186 valence electrons. The van der Waals surface area contributed by atoms with Crippen molar-refractivity contribution in [3.8, 4) is 0 Å². The van der Waals surface area contributed by atoms with Crippen LogP contribution in [0.4, 0.5) is 0 Å². The summed E-state index contributed by atoms with van der Waals surface area (Å²) in [6.07, 6.45) is 0. The fourth-order valence-corrected chi connectivity index (χ4v) is 3.44. The van der Waals surface area contributed by atoms with Crippen LogP contribution in [0.1, 0.15) is 53.8 Å². The molecular weight excluding hydrogens is 472 g/mol. The standard InChI is InChI=1S/C29H24N2O6/c1-20-30-25(28(33)36-18-22-13-7-3-8-14-22)24(27(32)35-17-21-11-5-2-6-12-21)26(31-20)29(34)37-19-23-15-9-4-10-16-23/h2-16H,17-19H2,1H3. The summed E-state index contributed by atoms with van der Waals surface area (Å²) in [6.45, 7) is 1.33. The van der Waals surface area contributed by atoms with Gasteiger partial charge in [-0.2, -0.15) is 0 Å². The fraction of sp³-hybridized carbons (Fsp3) is 0.138. The number of carbonyl (C=O) groups is 3. The molecule has 0 fully saturated rings. The van der Waals surface area contributed by atoms with Gasteiger partial charge in [0.05, 0.1) is 0 Å². The van der Waals surface area contributed by atoms with Gasteiger partial charge in [-0.3, -0.25) is 0 Å². The number of rotatable bonds is 9. The van der Waals surface area contributed by atoms with Gasteiger partial charge in [0.1, 0.15) is 31.2 Å². The number of nitrogens with zero attached hydrogens (tertiary/aromatic N) is 2. The van der Waals surface area contributed by atoms with Gasteiger partial charge in [0.15, 0.2) is 11.4 Å². The predicted molar refractivity (Wildman–Crippen MR) is 133 cm³/mol. The first-order valence-electron chi connectivity index (χ1n) is 11.5. The highest BCUT2D eigenvalue weighted by molar-refractivity contribution is 6.08. The predicted octanol–water partition coefficient (Wildman–Crippen LogP) is 4.86. The van der Waals surface area contributed by atoms with E-state index in [2.05, 4.69) is 9.97 Å². The van der Waals surface area contributed by atoms with Crippen LogP contribution in [0.3, 0.4) is 0 Å². The minimum Gasteiger partial charge on any atom is -0.457 e. The van der Waals surface area contributed by atoms with Crippen molar-refractivity contribution in [1.29, 1.82) is 0 Å². The smallest absolute Gasteiger partial charge is 0.358 e. The molecule has 0 unspecified atom stereocenters. The fourth-order valence-electron chi connectivity index (χ4n) is 3.44. The largest absolute Gasteiger partial charge is 0.457 e. The topological polar surface area (TPSA) is 105 Å². The van der Waals surface area contributed by atoms with Gasteiger partial charge in [-0.25, -0.2) is 24.4 Å². The van der Waals surface area contributed by atoms with Gasteiger partial charge >= 0.3 is 17.9 Å². The lowest BCUT2D eigenvalue weighted by atomic mass is 10.1. The quantitative estimate of drug-likeness (QED) is 0.239. The van der Waals surface area contributed by atoms with Gasteiger partial charge < -0.3 is 14.2 Å². The van der Waals surface area contributed by atoms with Crippen LogP contribution in [0.5, 0.6) is 0 Å². The summed E-state index contributed by atoms with van der Waals surface area (Å²) in [5.41, 5.74) is 1.08. The van der Waals surface area contributed by atoms with Crippen molar-refractivity contribution < 1.29 is 28.6 Å². The van der Waals surface area contributed by atoms with Crippen molar-refractivity contribution in [3.05, 3.63) is 130 Å². The zero-order chi connectivity index (χ0) is 26.0. The first-order valence-corrected chi connectivity index (χ1v) is 11.5. The van der Waals surface area contributed by atoms with Crippen LogP contribution in [-0.4, -0.2) is 27.9 Å². The molecule has 0 aliphatic carbocycles. The molecule has 1 heterocycles. The summed E-state index contributed by atoms with van der Waals surface area (Å²) in [5.74, 6) is -2.63. The Morgan fingerprint density at radius 3 is 1.22 bits per heavy atom. The number of hydrogen-bond acceptors (Lipinski definition) is 8. The molecule has 0 N–H and O–H groups in total. The Balaban J connectivity index is 1.63. The van der Waals surface area contributed by atoms with Gasteiger partial charge in [0.2, 0.25) is 0 Å². The summed E-state index contributed by atoms with van der Waals surface area (Å²) >= 11 is 0. The van der Waals surface area contributed by atoms with Gasteiger partial charge in [-0.05, 0) is 23.6 Å². The van der Waals surface area contributed by atoms with Crippen LogP contribution >= 0.6 is 0 Å². The summed E-state index contributed by atoms with van der Waals surface area (Å²) in [6, 6.07) is 27.1. The molecule has 0 saturated heterocycles. The van der Waals surface area contributed by atoms with E-state index < -0.39 is 23.5 Å². The average Bonchev–Trinajstić information content (AvgIpc) is 2.94. The molecular formula is C29H24N2O6. The normalized spacial score (nSPS) is 10.4. The Labute approximate surface area is 213 Å². The molecule has 0 atom stereocenters. The summed E-state index contributed by atoms with van der Waals surface area (Å²) in [4.78, 5) is 47.6. The molecule has 0 aliphatic rings. The summed E-state index contributed by atoms with van der Waals surface area (Å²) < 4.78 is 16.2. The van der Waals surface area contributed by atoms with Gasteiger partial charge in [0.25, 0.3) is 0 Å². The zero-order valence-electron chi connectivity index (χ0n) is 20.1. The van der Waals surface area contributed by atoms with Crippen molar-refractivity contribution in [3.63, 3.8) is 0 Å². The number of hydrogen-bond donors (Lipinski definition) is 0. The lowest BCUT2D eigenvalue weighted by Crippen LogP contribution is -2.23. The molecule has 4 rings (SSSR count). The van der Waals surface area contributed by atoms with E-state index in [1.807, 2.05) is 42.5 Å². The lowest BCUT2D eigenvalue weighted by Gasteiger charge is -2.14. The van der Waals surface area contributed by atoms with Gasteiger partial charge in [-0.15, -0.1) is 0 Å². The van der Waals surface area contributed by atoms with Crippen molar-refractivity contribution in [2.24, 2.45) is 0 Å². The Kier molecular flexibility index (Phi) is 8.33. The number of esters is 3. The van der Waals surface area contributed by atoms with Crippen LogP contribution < -0.4 is 0 Å². The highest BCUT2D eigenvalue weighted by Crippen LogP contribution is 2.19. The SMILES string of the molecule is Cc1nc(C(=O)OCc2ccccc2)c(C(=O)OCc2ccccc2)c(C(=O)OCc2ccccc2)n1. The molecule has 8 nitrogen and oxygen atoms in total. The molecule has 0 bridgehead atoms. The molecule has 0 spiro atoms. The highest BCUT2D eigenvalue weighted by Gasteiger charge is 2.31. The van der Waals surface area contributed by atoms with E-state index >= 15 is 0 Å². The van der Waals surface area contributed by atoms with Gasteiger partial charge in [-0.1, -0.05) is 91.0 Å². The Morgan fingerprint density at radius 1 is 0.541 bits per heavy atom. The maximum Gasteiger partial charge on any atom is 0.358 e. The number of ether oxygens (including phenoxy) is 3. The lowest BCUT2D eigenvalue weighted by molar-refractivity contribution is 0.0395. The second-order valence-corrected chi connectivity index (χ2v) is 8.03. The Bertz CT molecular complexity index is 1300. The van der Waals surface area contributed by atoms with Gasteiger partial charge in [0, 0.05) is 0 Å². The van der Waals surface area contributed by atoms with E-state index in [-0.39, 0.29) is 37.0 Å². The van der Waals surface area contributed by atoms with E-state index in [1.165, 1.54) is 6.92 Å². The third-order valence-electron chi connectivity index (χ3n) is 5.25. The summed E-state index contributed by atoms with van der Waals surface area (Å²) in [5, 5.41) is 0. The maximum atomic E-state index is 13.2. The molecule has 1 aromatic heterocycles.